The van der Waals surface area contributed by atoms with Crippen LogP contribution in [0.1, 0.15) is 60.5 Å². The zero-order valence-electron chi connectivity index (χ0n) is 22.4. The Bertz CT molecular complexity index is 1180. The number of piperidine rings is 1. The van der Waals surface area contributed by atoms with E-state index in [1.54, 1.807) is 11.0 Å². The van der Waals surface area contributed by atoms with Crippen molar-refractivity contribution in [1.29, 1.82) is 0 Å². The number of primary sulfonamides is 1. The molecular weight excluding hydrogens is 522 g/mol. The molecule has 12 heteroatoms. The average Bonchev–Trinajstić information content (AvgIpc) is 3.61. The molecule has 39 heavy (non-hydrogen) atoms. The van der Waals surface area contributed by atoms with Crippen molar-refractivity contribution in [2.24, 2.45) is 22.9 Å². The van der Waals surface area contributed by atoms with Crippen LogP contribution in [0.5, 0.6) is 5.88 Å². The Balaban J connectivity index is 1.05. The lowest BCUT2D eigenvalue weighted by Crippen LogP contribution is -2.49. The summed E-state index contributed by atoms with van der Waals surface area (Å²) in [5.74, 6) is 1.90. The smallest absolute Gasteiger partial charge is 0.320 e. The molecule has 5 aliphatic rings. The minimum Gasteiger partial charge on any atom is -0.477 e. The number of nitrogens with two attached hydrogens (primary N) is 1. The van der Waals surface area contributed by atoms with E-state index in [4.69, 9.17) is 19.6 Å². The number of fused-ring (bicyclic) bond motifs is 1. The fourth-order valence-corrected chi connectivity index (χ4v) is 7.37. The lowest BCUT2D eigenvalue weighted by atomic mass is 10.0. The van der Waals surface area contributed by atoms with Gasteiger partial charge in [0, 0.05) is 87.6 Å². The standard InChI is InChI=1S/C27H39N5O6S/c28-39(35,36)23-3-7-30(8-4-23)27(34)32-15-21-13-31(14-22(21)16-32)26(33)20-11-24(19-1-2-19)29-25(12-20)38-17-18-5-9-37-10-6-18/h11-12,18-19,21-23H,1-10,13-17H2,(H2,28,35,36)/t21-,22?/m1/s1. The molecule has 1 aliphatic carbocycles. The van der Waals surface area contributed by atoms with Crippen molar-refractivity contribution < 1.29 is 27.5 Å². The maximum absolute atomic E-state index is 13.6. The van der Waals surface area contributed by atoms with Gasteiger partial charge in [-0.2, -0.15) is 0 Å². The first-order chi connectivity index (χ1) is 18.7. The molecule has 2 atom stereocenters. The van der Waals surface area contributed by atoms with Crippen molar-refractivity contribution in [3.05, 3.63) is 23.4 Å². The van der Waals surface area contributed by atoms with Crippen molar-refractivity contribution in [2.75, 3.05) is 59.1 Å². The van der Waals surface area contributed by atoms with Crippen LogP contribution in [-0.2, 0) is 14.8 Å². The summed E-state index contributed by atoms with van der Waals surface area (Å²) in [7, 11) is -3.56. The Morgan fingerprint density at radius 2 is 1.56 bits per heavy atom. The summed E-state index contributed by atoms with van der Waals surface area (Å²) in [6, 6.07) is 3.70. The third-order valence-electron chi connectivity index (χ3n) is 9.09. The second kappa shape index (κ2) is 10.9. The Morgan fingerprint density at radius 1 is 0.923 bits per heavy atom. The monoisotopic (exact) mass is 561 g/mol. The van der Waals surface area contributed by atoms with E-state index in [1.165, 1.54) is 0 Å². The van der Waals surface area contributed by atoms with Gasteiger partial charge in [0.1, 0.15) is 0 Å². The van der Waals surface area contributed by atoms with Gasteiger partial charge in [-0.25, -0.2) is 23.3 Å². The van der Waals surface area contributed by atoms with Gasteiger partial charge in [-0.3, -0.25) is 4.79 Å². The van der Waals surface area contributed by atoms with Crippen LogP contribution in [-0.4, -0.2) is 104 Å². The highest BCUT2D eigenvalue weighted by Gasteiger charge is 2.44. The molecule has 2 N–H and O–H groups in total. The van der Waals surface area contributed by atoms with Gasteiger partial charge < -0.3 is 24.2 Å². The van der Waals surface area contributed by atoms with E-state index < -0.39 is 15.3 Å². The van der Waals surface area contributed by atoms with Crippen LogP contribution in [0.15, 0.2) is 12.1 Å². The van der Waals surface area contributed by atoms with Gasteiger partial charge in [-0.15, -0.1) is 0 Å². The number of amides is 3. The number of urea groups is 1. The van der Waals surface area contributed by atoms with Gasteiger partial charge in [-0.05, 0) is 50.5 Å². The number of rotatable bonds is 6. The third kappa shape index (κ3) is 6.02. The van der Waals surface area contributed by atoms with E-state index in [0.29, 0.717) is 82.0 Å². The normalized spacial score (nSPS) is 26.6. The summed E-state index contributed by atoms with van der Waals surface area (Å²) >= 11 is 0. The number of pyridine rings is 1. The first-order valence-electron chi connectivity index (χ1n) is 14.3. The predicted octanol–water partition coefficient (Wildman–Crippen LogP) is 1.64. The zero-order chi connectivity index (χ0) is 27.1. The topological polar surface area (TPSA) is 135 Å². The number of ether oxygens (including phenoxy) is 2. The molecule has 214 valence electrons. The number of hydrogen-bond donors (Lipinski definition) is 1. The molecule has 0 spiro atoms. The summed E-state index contributed by atoms with van der Waals surface area (Å²) < 4.78 is 34.8. The molecule has 0 radical (unpaired) electrons. The predicted molar refractivity (Wildman–Crippen MR) is 143 cm³/mol. The van der Waals surface area contributed by atoms with Crippen LogP contribution < -0.4 is 9.88 Å². The lowest BCUT2D eigenvalue weighted by molar-refractivity contribution is 0.0490. The second-order valence-corrected chi connectivity index (χ2v) is 13.8. The van der Waals surface area contributed by atoms with Crippen molar-refractivity contribution in [3.8, 4) is 5.88 Å². The van der Waals surface area contributed by atoms with E-state index >= 15 is 0 Å². The summed E-state index contributed by atoms with van der Waals surface area (Å²) in [6.07, 6.45) is 4.92. The van der Waals surface area contributed by atoms with Crippen LogP contribution in [0.2, 0.25) is 0 Å². The van der Waals surface area contributed by atoms with Gasteiger partial charge in [0.25, 0.3) is 5.91 Å². The summed E-state index contributed by atoms with van der Waals surface area (Å²) in [6.45, 7) is 5.42. The largest absolute Gasteiger partial charge is 0.477 e. The molecule has 0 bridgehead atoms. The third-order valence-corrected chi connectivity index (χ3v) is 10.5. The SMILES string of the molecule is NS(=O)(=O)C1CCN(C(=O)N2CC3CN(C(=O)c4cc(OCC5CCOCC5)nc(C5CC5)c4)C[C@@H]3C2)CC1. The molecular formula is C27H39N5O6S. The molecule has 1 unspecified atom stereocenters. The van der Waals surface area contributed by atoms with Crippen molar-refractivity contribution in [2.45, 2.75) is 49.7 Å². The number of sulfonamides is 1. The molecule has 4 saturated heterocycles. The molecule has 5 heterocycles. The summed E-state index contributed by atoms with van der Waals surface area (Å²) in [5, 5.41) is 4.72. The lowest BCUT2D eigenvalue weighted by Gasteiger charge is -2.34. The fraction of sp³-hybridized carbons (Fsp3) is 0.741. The minimum atomic E-state index is -3.56. The molecule has 1 aromatic heterocycles. The van der Waals surface area contributed by atoms with Crippen LogP contribution in [0.4, 0.5) is 4.79 Å². The van der Waals surface area contributed by atoms with Crippen molar-refractivity contribution >= 4 is 22.0 Å². The maximum Gasteiger partial charge on any atom is 0.320 e. The molecule has 4 aliphatic heterocycles. The zero-order valence-corrected chi connectivity index (χ0v) is 23.2. The van der Waals surface area contributed by atoms with Crippen LogP contribution in [0.3, 0.4) is 0 Å². The number of hydrogen-bond acceptors (Lipinski definition) is 7. The number of aromatic nitrogens is 1. The first-order valence-corrected chi connectivity index (χ1v) is 15.9. The number of carbonyl (C=O) groups is 2. The minimum absolute atomic E-state index is 0.00700. The number of nitrogens with zero attached hydrogens (tertiary/aromatic N) is 4. The van der Waals surface area contributed by atoms with Crippen LogP contribution >= 0.6 is 0 Å². The molecule has 0 aromatic carbocycles. The molecule has 11 nitrogen and oxygen atoms in total. The maximum atomic E-state index is 13.6. The van der Waals surface area contributed by atoms with Gasteiger partial charge in [-0.1, -0.05) is 0 Å². The van der Waals surface area contributed by atoms with Crippen molar-refractivity contribution in [1.82, 2.24) is 19.7 Å². The average molecular weight is 562 g/mol. The second-order valence-electron chi connectivity index (χ2n) is 12.0. The highest BCUT2D eigenvalue weighted by atomic mass is 32.2. The van der Waals surface area contributed by atoms with Gasteiger partial charge in [0.2, 0.25) is 15.9 Å². The Morgan fingerprint density at radius 3 is 2.18 bits per heavy atom. The quantitative estimate of drug-likeness (QED) is 0.558. The van der Waals surface area contributed by atoms with Gasteiger partial charge in [0.15, 0.2) is 0 Å². The number of carbonyl (C=O) groups excluding carboxylic acids is 2. The first kappa shape index (κ1) is 26.8. The van der Waals surface area contributed by atoms with E-state index in [0.717, 1.165) is 44.6 Å². The summed E-state index contributed by atoms with van der Waals surface area (Å²) in [5.41, 5.74) is 1.59. The van der Waals surface area contributed by atoms with E-state index in [2.05, 4.69) is 0 Å². The van der Waals surface area contributed by atoms with E-state index in [-0.39, 0.29) is 23.8 Å². The van der Waals surface area contributed by atoms with Crippen molar-refractivity contribution in [3.63, 3.8) is 0 Å². The Hall–Kier alpha value is -2.44. The molecule has 1 aromatic rings. The van der Waals surface area contributed by atoms with Gasteiger partial charge >= 0.3 is 6.03 Å². The molecule has 5 fully saturated rings. The fourth-order valence-electron chi connectivity index (χ4n) is 6.50. The van der Waals surface area contributed by atoms with E-state index in [9.17, 15) is 18.0 Å². The molecule has 6 rings (SSSR count). The number of likely N-dealkylation sites (tertiary alicyclic amines) is 3. The Kier molecular flexibility index (Phi) is 7.45. The highest BCUT2D eigenvalue weighted by molar-refractivity contribution is 7.89. The van der Waals surface area contributed by atoms with Crippen LogP contribution in [0.25, 0.3) is 0 Å². The van der Waals surface area contributed by atoms with E-state index in [1.807, 2.05) is 15.9 Å². The molecule has 1 saturated carbocycles. The highest BCUT2D eigenvalue weighted by Crippen LogP contribution is 2.40. The van der Waals surface area contributed by atoms with Gasteiger partial charge in [0.05, 0.1) is 11.9 Å². The van der Waals surface area contributed by atoms with Crippen LogP contribution in [0, 0.1) is 17.8 Å². The Labute approximate surface area is 230 Å². The molecule has 3 amide bonds. The summed E-state index contributed by atoms with van der Waals surface area (Å²) in [4.78, 5) is 36.9.